The lowest BCUT2D eigenvalue weighted by Crippen LogP contribution is -2.46. The molecule has 1 aromatic carbocycles. The van der Waals surface area contributed by atoms with E-state index >= 15 is 0 Å². The standard InChI is InChI=1S/C15H18FNO4/c1-10(8-13(18)20-4)17-14(19)15(2,3)21-12-7-5-6-11(16)9-12/h5-9H,1-4H3,(H,17,19)/b10-8-. The Hall–Kier alpha value is -2.37. The Bertz CT molecular complexity index is 567. The Labute approximate surface area is 122 Å². The second-order valence-corrected chi connectivity index (χ2v) is 4.87. The molecule has 1 aromatic rings. The van der Waals surface area contributed by atoms with Gasteiger partial charge in [-0.25, -0.2) is 9.18 Å². The highest BCUT2D eigenvalue weighted by Gasteiger charge is 2.30. The molecule has 0 unspecified atom stereocenters. The van der Waals surface area contributed by atoms with Crippen molar-refractivity contribution in [2.45, 2.75) is 26.4 Å². The summed E-state index contributed by atoms with van der Waals surface area (Å²) < 4.78 is 23.0. The van der Waals surface area contributed by atoms with Crippen LogP contribution in [0.25, 0.3) is 0 Å². The fourth-order valence-electron chi connectivity index (χ4n) is 1.47. The number of amides is 1. The molecule has 0 fully saturated rings. The molecule has 1 N–H and O–H groups in total. The third kappa shape index (κ3) is 5.25. The summed E-state index contributed by atoms with van der Waals surface area (Å²) >= 11 is 0. The van der Waals surface area contributed by atoms with Gasteiger partial charge in [-0.2, -0.15) is 0 Å². The molecule has 0 radical (unpaired) electrons. The molecule has 0 aliphatic heterocycles. The lowest BCUT2D eigenvalue weighted by molar-refractivity contribution is -0.134. The maximum absolute atomic E-state index is 13.1. The van der Waals surface area contributed by atoms with Gasteiger partial charge in [-0.05, 0) is 32.9 Å². The fraction of sp³-hybridized carbons (Fsp3) is 0.333. The molecule has 1 rings (SSSR count). The average Bonchev–Trinajstić information content (AvgIpc) is 2.37. The molecule has 21 heavy (non-hydrogen) atoms. The van der Waals surface area contributed by atoms with Gasteiger partial charge in [0.2, 0.25) is 0 Å². The number of nitrogens with one attached hydrogen (secondary N) is 1. The summed E-state index contributed by atoms with van der Waals surface area (Å²) in [6.45, 7) is 4.63. The highest BCUT2D eigenvalue weighted by atomic mass is 19.1. The van der Waals surface area contributed by atoms with Crippen molar-refractivity contribution in [1.82, 2.24) is 5.32 Å². The zero-order chi connectivity index (χ0) is 16.0. The zero-order valence-electron chi connectivity index (χ0n) is 12.4. The number of carbonyl (C=O) groups excluding carboxylic acids is 2. The van der Waals surface area contributed by atoms with Gasteiger partial charge < -0.3 is 14.8 Å². The molecular weight excluding hydrogens is 277 g/mol. The first-order valence-electron chi connectivity index (χ1n) is 6.27. The number of benzene rings is 1. The normalized spacial score (nSPS) is 11.8. The minimum absolute atomic E-state index is 0.241. The van der Waals surface area contributed by atoms with Gasteiger partial charge in [-0.1, -0.05) is 6.07 Å². The third-order valence-corrected chi connectivity index (χ3v) is 2.56. The average molecular weight is 295 g/mol. The largest absolute Gasteiger partial charge is 0.478 e. The molecule has 0 aliphatic carbocycles. The van der Waals surface area contributed by atoms with Crippen molar-refractivity contribution >= 4 is 11.9 Å². The van der Waals surface area contributed by atoms with E-state index in [1.54, 1.807) is 26.8 Å². The predicted octanol–water partition coefficient (Wildman–Crippen LogP) is 2.18. The monoisotopic (exact) mass is 295 g/mol. The Morgan fingerprint density at radius 1 is 1.33 bits per heavy atom. The van der Waals surface area contributed by atoms with Crippen LogP contribution in [0.15, 0.2) is 36.0 Å². The van der Waals surface area contributed by atoms with E-state index in [0.717, 1.165) is 6.08 Å². The number of ether oxygens (including phenoxy) is 2. The quantitative estimate of drug-likeness (QED) is 0.668. The summed E-state index contributed by atoms with van der Waals surface area (Å²) in [5, 5.41) is 2.52. The minimum atomic E-state index is -1.24. The zero-order valence-corrected chi connectivity index (χ0v) is 12.4. The Balaban J connectivity index is 2.75. The highest BCUT2D eigenvalue weighted by molar-refractivity contribution is 5.88. The van der Waals surface area contributed by atoms with Gasteiger partial charge in [-0.3, -0.25) is 4.79 Å². The lowest BCUT2D eigenvalue weighted by atomic mass is 10.1. The van der Waals surface area contributed by atoms with Crippen LogP contribution in [0.2, 0.25) is 0 Å². The Kier molecular flexibility index (Phi) is 5.46. The van der Waals surface area contributed by atoms with Crippen LogP contribution in [0, 0.1) is 5.82 Å². The molecule has 0 aliphatic rings. The maximum Gasteiger partial charge on any atom is 0.332 e. The summed E-state index contributed by atoms with van der Waals surface area (Å²) in [5.74, 6) is -1.25. The van der Waals surface area contributed by atoms with Crippen LogP contribution in [0.4, 0.5) is 4.39 Å². The summed E-state index contributed by atoms with van der Waals surface area (Å²) in [6, 6.07) is 5.51. The molecule has 5 nitrogen and oxygen atoms in total. The molecule has 0 bridgehead atoms. The molecule has 0 atom stereocenters. The summed E-state index contributed by atoms with van der Waals surface area (Å²) in [6.07, 6.45) is 1.15. The first-order valence-corrected chi connectivity index (χ1v) is 6.27. The number of carbonyl (C=O) groups is 2. The van der Waals surface area contributed by atoms with Crippen LogP contribution < -0.4 is 10.1 Å². The van der Waals surface area contributed by atoms with Crippen LogP contribution >= 0.6 is 0 Å². The van der Waals surface area contributed by atoms with E-state index in [-0.39, 0.29) is 5.75 Å². The fourth-order valence-corrected chi connectivity index (χ4v) is 1.47. The topological polar surface area (TPSA) is 64.6 Å². The van der Waals surface area contributed by atoms with Gasteiger partial charge in [0.15, 0.2) is 5.60 Å². The second kappa shape index (κ2) is 6.88. The van der Waals surface area contributed by atoms with Crippen molar-refractivity contribution in [3.63, 3.8) is 0 Å². The van der Waals surface area contributed by atoms with E-state index in [2.05, 4.69) is 10.1 Å². The van der Waals surface area contributed by atoms with Crippen molar-refractivity contribution in [1.29, 1.82) is 0 Å². The first kappa shape index (κ1) is 16.7. The lowest BCUT2D eigenvalue weighted by Gasteiger charge is -2.25. The number of halogens is 1. The van der Waals surface area contributed by atoms with E-state index in [1.807, 2.05) is 0 Å². The SMILES string of the molecule is COC(=O)/C=C(/C)NC(=O)C(C)(C)Oc1cccc(F)c1. The van der Waals surface area contributed by atoms with Gasteiger partial charge >= 0.3 is 5.97 Å². The van der Waals surface area contributed by atoms with Crippen molar-refractivity contribution < 1.29 is 23.5 Å². The maximum atomic E-state index is 13.1. The van der Waals surface area contributed by atoms with Gasteiger partial charge in [0, 0.05) is 17.8 Å². The van der Waals surface area contributed by atoms with E-state index in [1.165, 1.54) is 25.3 Å². The third-order valence-electron chi connectivity index (χ3n) is 2.56. The van der Waals surface area contributed by atoms with E-state index in [0.29, 0.717) is 5.70 Å². The van der Waals surface area contributed by atoms with Crippen molar-refractivity contribution in [3.05, 3.63) is 41.9 Å². The van der Waals surface area contributed by atoms with Crippen LogP contribution in [-0.4, -0.2) is 24.6 Å². The molecule has 114 valence electrons. The molecule has 0 aromatic heterocycles. The molecule has 1 amide bonds. The van der Waals surface area contributed by atoms with Gasteiger partial charge in [0.1, 0.15) is 11.6 Å². The predicted molar refractivity (Wildman–Crippen MR) is 75.0 cm³/mol. The number of hydrogen-bond acceptors (Lipinski definition) is 4. The molecule has 0 heterocycles. The molecule has 0 saturated heterocycles. The number of esters is 1. The second-order valence-electron chi connectivity index (χ2n) is 4.87. The van der Waals surface area contributed by atoms with Crippen molar-refractivity contribution in [3.8, 4) is 5.75 Å². The van der Waals surface area contributed by atoms with E-state index < -0.39 is 23.3 Å². The molecule has 6 heteroatoms. The smallest absolute Gasteiger partial charge is 0.332 e. The van der Waals surface area contributed by atoms with Crippen LogP contribution in [0.3, 0.4) is 0 Å². The number of hydrogen-bond donors (Lipinski definition) is 1. The van der Waals surface area contributed by atoms with Crippen LogP contribution in [0.5, 0.6) is 5.75 Å². The van der Waals surface area contributed by atoms with Gasteiger partial charge in [0.25, 0.3) is 5.91 Å². The van der Waals surface area contributed by atoms with Crippen molar-refractivity contribution in [2.24, 2.45) is 0 Å². The molecular formula is C15H18FNO4. The van der Waals surface area contributed by atoms with E-state index in [9.17, 15) is 14.0 Å². The first-order chi connectivity index (χ1) is 9.74. The summed E-state index contributed by atoms with van der Waals surface area (Å²) in [4.78, 5) is 23.2. The van der Waals surface area contributed by atoms with Crippen molar-refractivity contribution in [2.75, 3.05) is 7.11 Å². The number of allylic oxidation sites excluding steroid dienone is 1. The molecule has 0 saturated carbocycles. The number of rotatable bonds is 5. The Morgan fingerprint density at radius 3 is 2.57 bits per heavy atom. The van der Waals surface area contributed by atoms with Gasteiger partial charge in [-0.15, -0.1) is 0 Å². The van der Waals surface area contributed by atoms with Crippen LogP contribution in [-0.2, 0) is 14.3 Å². The van der Waals surface area contributed by atoms with Gasteiger partial charge in [0.05, 0.1) is 7.11 Å². The summed E-state index contributed by atoms with van der Waals surface area (Å²) in [5.41, 5.74) is -0.915. The number of methoxy groups -OCH3 is 1. The highest BCUT2D eigenvalue weighted by Crippen LogP contribution is 2.19. The van der Waals surface area contributed by atoms with Crippen LogP contribution in [0.1, 0.15) is 20.8 Å². The van der Waals surface area contributed by atoms with E-state index in [4.69, 9.17) is 4.74 Å². The summed E-state index contributed by atoms with van der Waals surface area (Å²) in [7, 11) is 1.24. The Morgan fingerprint density at radius 2 is 2.00 bits per heavy atom. The minimum Gasteiger partial charge on any atom is -0.478 e. The molecule has 0 spiro atoms.